The maximum Gasteiger partial charge on any atom is 0.326 e. The number of nitrogens with one attached hydrogen (secondary N) is 1. The summed E-state index contributed by atoms with van der Waals surface area (Å²) in [6, 6.07) is -1.16. The lowest BCUT2D eigenvalue weighted by molar-refractivity contribution is -0.139. The van der Waals surface area contributed by atoms with Crippen molar-refractivity contribution in [2.75, 3.05) is 31.7 Å². The summed E-state index contributed by atoms with van der Waals surface area (Å²) in [5, 5.41) is 11.7. The predicted octanol–water partition coefficient (Wildman–Crippen LogP) is 1.01. The van der Waals surface area contributed by atoms with Crippen molar-refractivity contribution in [2.24, 2.45) is 0 Å². The van der Waals surface area contributed by atoms with Crippen LogP contribution in [0.25, 0.3) is 0 Å². The van der Waals surface area contributed by atoms with Crippen LogP contribution in [0.1, 0.15) is 20.3 Å². The Kier molecular flexibility index (Phi) is 5.93. The summed E-state index contributed by atoms with van der Waals surface area (Å²) in [4.78, 5) is 24.7. The van der Waals surface area contributed by atoms with Gasteiger partial charge in [-0.2, -0.15) is 11.8 Å². The molecule has 1 rings (SSSR count). The third-order valence-electron chi connectivity index (χ3n) is 2.92. The van der Waals surface area contributed by atoms with Crippen molar-refractivity contribution in [1.82, 2.24) is 10.2 Å². The predicted molar refractivity (Wildman–Crippen MR) is 74.6 cm³/mol. The summed E-state index contributed by atoms with van der Waals surface area (Å²) in [5.74, 6) is -0.291. The molecule has 0 aliphatic carbocycles. The molecule has 1 saturated heterocycles. The lowest BCUT2D eigenvalue weighted by Crippen LogP contribution is -2.56. The highest BCUT2D eigenvalue weighted by atomic mass is 32.2. The number of hydrogen-bond donors (Lipinski definition) is 2. The standard InChI is InChI=1S/C12H22N2O4S/c1-12(2)8-14(5-6-18-12)11(17)13-9(10(15)16)4-7-19-3/h9H,4-8H2,1-3H3,(H,13,17)(H,15,16)/t9-/m0/s1. The molecule has 0 aromatic heterocycles. The van der Waals surface area contributed by atoms with Crippen molar-refractivity contribution in [3.05, 3.63) is 0 Å². The second-order valence-corrected chi connectivity index (χ2v) is 6.14. The van der Waals surface area contributed by atoms with Crippen LogP contribution in [0.5, 0.6) is 0 Å². The van der Waals surface area contributed by atoms with Crippen molar-refractivity contribution < 1.29 is 19.4 Å². The van der Waals surface area contributed by atoms with Gasteiger partial charge in [0.1, 0.15) is 6.04 Å². The van der Waals surface area contributed by atoms with E-state index in [0.29, 0.717) is 31.9 Å². The lowest BCUT2D eigenvalue weighted by Gasteiger charge is -2.38. The van der Waals surface area contributed by atoms with Crippen molar-refractivity contribution in [3.8, 4) is 0 Å². The van der Waals surface area contributed by atoms with Crippen LogP contribution >= 0.6 is 11.8 Å². The van der Waals surface area contributed by atoms with E-state index in [1.807, 2.05) is 20.1 Å². The molecule has 1 aliphatic heterocycles. The minimum absolute atomic E-state index is 0.329. The number of carbonyl (C=O) groups is 2. The molecule has 19 heavy (non-hydrogen) atoms. The quantitative estimate of drug-likeness (QED) is 0.790. The zero-order valence-corrected chi connectivity index (χ0v) is 12.5. The number of carboxylic acid groups (broad SMARTS) is 1. The van der Waals surface area contributed by atoms with E-state index in [9.17, 15) is 9.59 Å². The molecule has 1 atom stereocenters. The molecule has 0 spiro atoms. The molecule has 1 heterocycles. The number of aliphatic carboxylic acids is 1. The highest BCUT2D eigenvalue weighted by Crippen LogP contribution is 2.16. The molecule has 2 amide bonds. The van der Waals surface area contributed by atoms with Crippen molar-refractivity contribution in [1.29, 1.82) is 0 Å². The molecule has 0 saturated carbocycles. The number of thioether (sulfide) groups is 1. The molecule has 110 valence electrons. The van der Waals surface area contributed by atoms with Crippen molar-refractivity contribution in [3.63, 3.8) is 0 Å². The zero-order valence-electron chi connectivity index (χ0n) is 11.6. The molecule has 7 heteroatoms. The summed E-state index contributed by atoms with van der Waals surface area (Å²) in [5.41, 5.74) is -0.381. The van der Waals surface area contributed by atoms with Gasteiger partial charge < -0.3 is 20.1 Å². The van der Waals surface area contributed by atoms with Crippen LogP contribution in [-0.2, 0) is 9.53 Å². The first-order chi connectivity index (χ1) is 8.85. The third-order valence-corrected chi connectivity index (χ3v) is 3.56. The topological polar surface area (TPSA) is 78.9 Å². The molecule has 0 aromatic rings. The van der Waals surface area contributed by atoms with Gasteiger partial charge in [0.25, 0.3) is 0 Å². The summed E-state index contributed by atoms with van der Waals surface area (Å²) in [6.07, 6.45) is 2.33. The van der Waals surface area contributed by atoms with E-state index in [0.717, 1.165) is 0 Å². The van der Waals surface area contributed by atoms with E-state index in [1.165, 1.54) is 0 Å². The molecule has 0 radical (unpaired) electrons. The highest BCUT2D eigenvalue weighted by Gasteiger charge is 2.31. The Morgan fingerprint density at radius 1 is 1.53 bits per heavy atom. The number of amides is 2. The smallest absolute Gasteiger partial charge is 0.326 e. The first kappa shape index (κ1) is 16.1. The molecular formula is C12H22N2O4S. The number of ether oxygens (including phenoxy) is 1. The molecule has 1 aliphatic rings. The average Bonchev–Trinajstić information content (AvgIpc) is 2.32. The van der Waals surface area contributed by atoms with Gasteiger partial charge in [0, 0.05) is 6.54 Å². The monoisotopic (exact) mass is 290 g/mol. The van der Waals surface area contributed by atoms with Crippen LogP contribution in [0.2, 0.25) is 0 Å². The largest absolute Gasteiger partial charge is 0.480 e. The minimum atomic E-state index is -0.991. The SMILES string of the molecule is CSCC[C@H](NC(=O)N1CCOC(C)(C)C1)C(=O)O. The van der Waals surface area contributed by atoms with E-state index >= 15 is 0 Å². The molecule has 1 fully saturated rings. The molecular weight excluding hydrogens is 268 g/mol. The van der Waals surface area contributed by atoms with Crippen LogP contribution in [0.15, 0.2) is 0 Å². The Morgan fingerprint density at radius 3 is 2.74 bits per heavy atom. The van der Waals surface area contributed by atoms with Gasteiger partial charge >= 0.3 is 12.0 Å². The second-order valence-electron chi connectivity index (χ2n) is 5.15. The van der Waals surface area contributed by atoms with Gasteiger partial charge in [-0.1, -0.05) is 0 Å². The lowest BCUT2D eigenvalue weighted by atomic mass is 10.1. The van der Waals surface area contributed by atoms with E-state index in [2.05, 4.69) is 5.32 Å². The van der Waals surface area contributed by atoms with Gasteiger partial charge in [0.05, 0.1) is 18.8 Å². The molecule has 6 nitrogen and oxygen atoms in total. The van der Waals surface area contributed by atoms with Gasteiger partial charge in [-0.25, -0.2) is 9.59 Å². The van der Waals surface area contributed by atoms with Crippen molar-refractivity contribution >= 4 is 23.8 Å². The summed E-state index contributed by atoms with van der Waals surface area (Å²) in [7, 11) is 0. The number of urea groups is 1. The first-order valence-electron chi connectivity index (χ1n) is 6.27. The Labute approximate surface area is 117 Å². The van der Waals surface area contributed by atoms with E-state index < -0.39 is 12.0 Å². The van der Waals surface area contributed by atoms with Crippen LogP contribution in [-0.4, -0.2) is 65.4 Å². The number of hydrogen-bond acceptors (Lipinski definition) is 4. The van der Waals surface area contributed by atoms with E-state index in [4.69, 9.17) is 9.84 Å². The molecule has 2 N–H and O–H groups in total. The summed E-state index contributed by atoms with van der Waals surface area (Å²) in [6.45, 7) is 5.25. The number of morpholine rings is 1. The van der Waals surface area contributed by atoms with E-state index in [1.54, 1.807) is 16.7 Å². The summed E-state index contributed by atoms with van der Waals surface area (Å²) >= 11 is 1.56. The first-order valence-corrected chi connectivity index (χ1v) is 7.66. The minimum Gasteiger partial charge on any atom is -0.480 e. The fourth-order valence-corrected chi connectivity index (χ4v) is 2.39. The number of carboxylic acids is 1. The van der Waals surface area contributed by atoms with Gasteiger partial charge in [0.15, 0.2) is 0 Å². The number of nitrogens with zero attached hydrogens (tertiary/aromatic N) is 1. The number of rotatable bonds is 5. The Balaban J connectivity index is 2.54. The number of carbonyl (C=O) groups excluding carboxylic acids is 1. The average molecular weight is 290 g/mol. The highest BCUT2D eigenvalue weighted by molar-refractivity contribution is 7.98. The van der Waals surface area contributed by atoms with Crippen LogP contribution in [0, 0.1) is 0 Å². The maximum absolute atomic E-state index is 12.1. The van der Waals surface area contributed by atoms with Crippen molar-refractivity contribution in [2.45, 2.75) is 31.9 Å². The van der Waals surface area contributed by atoms with Gasteiger partial charge in [-0.05, 0) is 32.3 Å². The van der Waals surface area contributed by atoms with Gasteiger partial charge in [-0.15, -0.1) is 0 Å². The fourth-order valence-electron chi connectivity index (χ4n) is 1.92. The Morgan fingerprint density at radius 2 is 2.21 bits per heavy atom. The van der Waals surface area contributed by atoms with Crippen LogP contribution in [0.4, 0.5) is 4.79 Å². The van der Waals surface area contributed by atoms with Gasteiger partial charge in [0.2, 0.25) is 0 Å². The van der Waals surface area contributed by atoms with Gasteiger partial charge in [-0.3, -0.25) is 0 Å². The third kappa shape index (κ3) is 5.28. The normalized spacial score (nSPS) is 19.8. The maximum atomic E-state index is 12.1. The molecule has 0 aromatic carbocycles. The van der Waals surface area contributed by atoms with E-state index in [-0.39, 0.29) is 11.6 Å². The fraction of sp³-hybridized carbons (Fsp3) is 0.833. The Hall–Kier alpha value is -0.950. The molecule has 0 unspecified atom stereocenters. The zero-order chi connectivity index (χ0) is 14.5. The van der Waals surface area contributed by atoms with Crippen LogP contribution in [0.3, 0.4) is 0 Å². The molecule has 0 bridgehead atoms. The second kappa shape index (κ2) is 7.00. The van der Waals surface area contributed by atoms with Crippen LogP contribution < -0.4 is 5.32 Å². The Bertz CT molecular complexity index is 336. The summed E-state index contributed by atoms with van der Waals surface area (Å²) < 4.78 is 5.52.